The summed E-state index contributed by atoms with van der Waals surface area (Å²) in [5.41, 5.74) is 8.87. The Balaban J connectivity index is 1.56. The van der Waals surface area contributed by atoms with E-state index in [0.717, 1.165) is 11.3 Å². The summed E-state index contributed by atoms with van der Waals surface area (Å²) >= 11 is 0. The van der Waals surface area contributed by atoms with Crippen molar-refractivity contribution in [2.24, 2.45) is 15.7 Å². The number of rotatable bonds is 5. The molecule has 0 saturated heterocycles. The molecule has 0 bridgehead atoms. The number of nitrogens with two attached hydrogens (primary N) is 1. The van der Waals surface area contributed by atoms with Gasteiger partial charge in [-0.15, -0.1) is 0 Å². The van der Waals surface area contributed by atoms with Crippen LogP contribution in [0.2, 0.25) is 0 Å². The van der Waals surface area contributed by atoms with E-state index in [-0.39, 0.29) is 30.2 Å². The molecule has 0 aromatic heterocycles. The maximum Gasteiger partial charge on any atom is 0.252 e. The highest BCUT2D eigenvalue weighted by atomic mass is 16.2. The van der Waals surface area contributed by atoms with Crippen molar-refractivity contribution in [3.8, 4) is 0 Å². The summed E-state index contributed by atoms with van der Waals surface area (Å²) in [6.45, 7) is 3.38. The van der Waals surface area contributed by atoms with Crippen molar-refractivity contribution in [1.82, 2.24) is 5.32 Å². The highest BCUT2D eigenvalue weighted by molar-refractivity contribution is 6.11. The predicted molar refractivity (Wildman–Crippen MR) is 120 cm³/mol. The van der Waals surface area contributed by atoms with Crippen LogP contribution in [0, 0.1) is 6.92 Å². The van der Waals surface area contributed by atoms with Crippen LogP contribution in [0.15, 0.2) is 58.5 Å². The maximum atomic E-state index is 12.3. The van der Waals surface area contributed by atoms with Gasteiger partial charge in [0.05, 0.1) is 6.42 Å². The lowest BCUT2D eigenvalue weighted by Gasteiger charge is -2.08. The lowest BCUT2D eigenvalue weighted by molar-refractivity contribution is -0.123. The molecule has 6 N–H and O–H groups in total. The highest BCUT2D eigenvalue weighted by Gasteiger charge is 2.28. The van der Waals surface area contributed by atoms with Gasteiger partial charge in [0.2, 0.25) is 23.7 Å². The number of aliphatic imine (C=N–C) groups is 2. The minimum absolute atomic E-state index is 0.0413. The molecule has 0 saturated carbocycles. The molecular formula is C21H23N7O3. The first-order chi connectivity index (χ1) is 14.8. The zero-order chi connectivity index (χ0) is 22.4. The lowest BCUT2D eigenvalue weighted by atomic mass is 10.2. The molecule has 31 heavy (non-hydrogen) atoms. The van der Waals surface area contributed by atoms with Crippen molar-refractivity contribution in [3.63, 3.8) is 0 Å². The monoisotopic (exact) mass is 421 g/mol. The van der Waals surface area contributed by atoms with E-state index < -0.39 is 11.9 Å². The van der Waals surface area contributed by atoms with Gasteiger partial charge < -0.3 is 21.7 Å². The Kier molecular flexibility index (Phi) is 6.61. The van der Waals surface area contributed by atoms with Gasteiger partial charge in [-0.05, 0) is 43.3 Å². The van der Waals surface area contributed by atoms with Crippen LogP contribution in [-0.4, -0.2) is 35.7 Å². The Morgan fingerprint density at radius 1 is 1.00 bits per heavy atom. The summed E-state index contributed by atoms with van der Waals surface area (Å²) in [5.74, 6) is -0.896. The van der Waals surface area contributed by atoms with Gasteiger partial charge in [0, 0.05) is 24.0 Å². The molecule has 1 heterocycles. The van der Waals surface area contributed by atoms with Crippen LogP contribution in [0.4, 0.5) is 17.1 Å². The number of carbonyl (C=O) groups is 3. The Labute approximate surface area is 179 Å². The number of hydrogen-bond donors (Lipinski definition) is 5. The first-order valence-corrected chi connectivity index (χ1v) is 9.52. The number of aryl methyl sites for hydroxylation is 1. The number of hydrogen-bond acceptors (Lipinski definition) is 5. The number of benzene rings is 2. The number of guanidine groups is 2. The molecule has 0 aliphatic carbocycles. The third kappa shape index (κ3) is 6.39. The van der Waals surface area contributed by atoms with Gasteiger partial charge in [-0.25, -0.2) is 4.99 Å². The lowest BCUT2D eigenvalue weighted by Crippen LogP contribution is -2.32. The van der Waals surface area contributed by atoms with Crippen molar-refractivity contribution in [1.29, 1.82) is 0 Å². The molecule has 1 aliphatic heterocycles. The average molecular weight is 421 g/mol. The molecule has 2 aromatic carbocycles. The van der Waals surface area contributed by atoms with Gasteiger partial charge in [0.25, 0.3) is 5.91 Å². The summed E-state index contributed by atoms with van der Waals surface area (Å²) in [6.07, 6.45) is -0.149. The van der Waals surface area contributed by atoms with Crippen LogP contribution in [-0.2, 0) is 14.4 Å². The summed E-state index contributed by atoms with van der Waals surface area (Å²) in [6, 6.07) is 13.3. The first kappa shape index (κ1) is 21.5. The normalized spacial score (nSPS) is 15.7. The minimum Gasteiger partial charge on any atom is -0.369 e. The van der Waals surface area contributed by atoms with E-state index in [1.54, 1.807) is 24.3 Å². The van der Waals surface area contributed by atoms with Crippen LogP contribution in [0.25, 0.3) is 0 Å². The molecule has 0 spiro atoms. The zero-order valence-electron chi connectivity index (χ0n) is 17.1. The van der Waals surface area contributed by atoms with E-state index in [2.05, 4.69) is 31.3 Å². The first-order valence-electron chi connectivity index (χ1n) is 9.52. The molecule has 10 heteroatoms. The highest BCUT2D eigenvalue weighted by Crippen LogP contribution is 2.15. The second kappa shape index (κ2) is 9.53. The van der Waals surface area contributed by atoms with Crippen LogP contribution in [0.1, 0.15) is 18.9 Å². The van der Waals surface area contributed by atoms with E-state index in [9.17, 15) is 14.4 Å². The second-order valence-corrected chi connectivity index (χ2v) is 6.96. The van der Waals surface area contributed by atoms with Crippen molar-refractivity contribution in [3.05, 3.63) is 54.1 Å². The molecule has 1 atom stereocenters. The third-order valence-corrected chi connectivity index (χ3v) is 4.23. The smallest absolute Gasteiger partial charge is 0.252 e. The summed E-state index contributed by atoms with van der Waals surface area (Å²) in [5, 5.41) is 10.7. The van der Waals surface area contributed by atoms with Gasteiger partial charge in [-0.3, -0.25) is 19.7 Å². The number of carbonyl (C=O) groups excluding carboxylic acids is 3. The van der Waals surface area contributed by atoms with Crippen LogP contribution in [0.3, 0.4) is 0 Å². The van der Waals surface area contributed by atoms with Crippen molar-refractivity contribution < 1.29 is 14.4 Å². The Hall–Kier alpha value is -4.21. The van der Waals surface area contributed by atoms with Gasteiger partial charge in [-0.1, -0.05) is 17.7 Å². The van der Waals surface area contributed by atoms with Crippen molar-refractivity contribution >= 4 is 46.7 Å². The summed E-state index contributed by atoms with van der Waals surface area (Å²) in [7, 11) is 0. The molecule has 0 fully saturated rings. The number of nitrogens with zero attached hydrogens (tertiary/aromatic N) is 2. The van der Waals surface area contributed by atoms with Crippen LogP contribution in [0.5, 0.6) is 0 Å². The largest absolute Gasteiger partial charge is 0.369 e. The van der Waals surface area contributed by atoms with E-state index in [1.807, 2.05) is 31.2 Å². The van der Waals surface area contributed by atoms with Crippen LogP contribution >= 0.6 is 0 Å². The molecule has 1 aliphatic rings. The molecule has 1 unspecified atom stereocenters. The molecule has 3 rings (SSSR count). The van der Waals surface area contributed by atoms with Gasteiger partial charge in [-0.2, -0.15) is 4.99 Å². The minimum atomic E-state index is -0.899. The van der Waals surface area contributed by atoms with Crippen molar-refractivity contribution in [2.75, 3.05) is 16.0 Å². The van der Waals surface area contributed by atoms with Gasteiger partial charge in [0.15, 0.2) is 0 Å². The second-order valence-electron chi connectivity index (χ2n) is 6.96. The zero-order valence-corrected chi connectivity index (χ0v) is 17.1. The molecule has 160 valence electrons. The molecule has 0 radical (unpaired) electrons. The maximum absolute atomic E-state index is 12.3. The SMILES string of the molecule is CC(=O)Nc1ccc(NC(=O)CC2N=C(/N=C(\N)Nc3ccc(C)cc3)NC2=O)cc1. The number of anilines is 3. The third-order valence-electron chi connectivity index (χ3n) is 4.23. The average Bonchev–Trinajstić information content (AvgIpc) is 3.03. The fourth-order valence-electron chi connectivity index (χ4n) is 2.78. The molecular weight excluding hydrogens is 398 g/mol. The standard InChI is InChI=1S/C21H23N7O3/c1-12-3-5-16(6-4-12)25-20(22)28-21-26-17(19(31)27-21)11-18(30)24-15-9-7-14(8-10-15)23-13(2)29/h3-10,17H,11H2,1-2H3,(H,23,29)(H,24,30)(H4,22,25,26,27,28,31). The molecule has 3 amide bonds. The van der Waals surface area contributed by atoms with Gasteiger partial charge in [0.1, 0.15) is 6.04 Å². The fraction of sp³-hybridized carbons (Fsp3) is 0.190. The number of nitrogens with one attached hydrogen (secondary N) is 4. The van der Waals surface area contributed by atoms with E-state index in [1.165, 1.54) is 6.92 Å². The Bertz CT molecular complexity index is 1040. The van der Waals surface area contributed by atoms with Crippen molar-refractivity contribution in [2.45, 2.75) is 26.3 Å². The van der Waals surface area contributed by atoms with E-state index in [4.69, 9.17) is 5.73 Å². The fourth-order valence-corrected chi connectivity index (χ4v) is 2.78. The topological polar surface area (TPSA) is 150 Å². The summed E-state index contributed by atoms with van der Waals surface area (Å²) in [4.78, 5) is 43.6. The predicted octanol–water partition coefficient (Wildman–Crippen LogP) is 1.56. The molecule has 10 nitrogen and oxygen atoms in total. The molecule has 2 aromatic rings. The van der Waals surface area contributed by atoms with Crippen LogP contribution < -0.4 is 27.0 Å². The van der Waals surface area contributed by atoms with Gasteiger partial charge >= 0.3 is 0 Å². The van der Waals surface area contributed by atoms with E-state index in [0.29, 0.717) is 11.4 Å². The Morgan fingerprint density at radius 3 is 2.16 bits per heavy atom. The van der Waals surface area contributed by atoms with E-state index >= 15 is 0 Å². The number of amides is 3. The summed E-state index contributed by atoms with van der Waals surface area (Å²) < 4.78 is 0. The quantitative estimate of drug-likeness (QED) is 0.367. The Morgan fingerprint density at radius 2 is 1.55 bits per heavy atom.